The first kappa shape index (κ1) is 14.5. The summed E-state index contributed by atoms with van der Waals surface area (Å²) in [5.41, 5.74) is 1.12. The highest BCUT2D eigenvalue weighted by atomic mass is 16.2. The summed E-state index contributed by atoms with van der Waals surface area (Å²) in [7, 11) is 0. The van der Waals surface area contributed by atoms with Crippen molar-refractivity contribution in [2.45, 2.75) is 25.3 Å². The van der Waals surface area contributed by atoms with Crippen LogP contribution >= 0.6 is 0 Å². The van der Waals surface area contributed by atoms with Gasteiger partial charge < -0.3 is 10.2 Å². The van der Waals surface area contributed by atoms with Gasteiger partial charge >= 0.3 is 0 Å². The number of rotatable bonds is 3. The highest BCUT2D eigenvalue weighted by Gasteiger charge is 2.32. The van der Waals surface area contributed by atoms with Crippen LogP contribution in [0.25, 0.3) is 0 Å². The molecule has 3 rings (SSSR count). The molecule has 2 atom stereocenters. The van der Waals surface area contributed by atoms with E-state index in [0.717, 1.165) is 51.3 Å². The lowest BCUT2D eigenvalue weighted by Crippen LogP contribution is -2.49. The molecule has 1 aromatic rings. The van der Waals surface area contributed by atoms with Crippen LogP contribution in [0, 0.1) is 0 Å². The monoisotopic (exact) mass is 287 g/mol. The standard InChI is InChI=1S/C17H25N3O/c1-14(15-5-3-2-4-6-15)17(21)20-10-7-16(13-20)19-11-8-18-9-12-19/h2-6,14,16,18H,7-13H2,1H3. The van der Waals surface area contributed by atoms with Gasteiger partial charge in [-0.2, -0.15) is 0 Å². The van der Waals surface area contributed by atoms with E-state index in [9.17, 15) is 4.79 Å². The van der Waals surface area contributed by atoms with Crippen LogP contribution in [0.5, 0.6) is 0 Å². The van der Waals surface area contributed by atoms with E-state index in [1.54, 1.807) is 0 Å². The Labute approximate surface area is 127 Å². The molecular formula is C17H25N3O. The summed E-state index contributed by atoms with van der Waals surface area (Å²) < 4.78 is 0. The fraction of sp³-hybridized carbons (Fsp3) is 0.588. The predicted molar refractivity (Wildman–Crippen MR) is 84.3 cm³/mol. The molecule has 2 unspecified atom stereocenters. The number of carbonyl (C=O) groups excluding carboxylic acids is 1. The van der Waals surface area contributed by atoms with Crippen LogP contribution in [0.3, 0.4) is 0 Å². The molecule has 0 aliphatic carbocycles. The average molecular weight is 287 g/mol. The van der Waals surface area contributed by atoms with Crippen molar-refractivity contribution in [1.29, 1.82) is 0 Å². The van der Waals surface area contributed by atoms with Gasteiger partial charge in [0.15, 0.2) is 0 Å². The van der Waals surface area contributed by atoms with Crippen molar-refractivity contribution in [3.05, 3.63) is 35.9 Å². The number of nitrogens with zero attached hydrogens (tertiary/aromatic N) is 2. The van der Waals surface area contributed by atoms with Gasteiger partial charge in [0, 0.05) is 45.3 Å². The van der Waals surface area contributed by atoms with Gasteiger partial charge in [0.05, 0.1) is 5.92 Å². The number of nitrogens with one attached hydrogen (secondary N) is 1. The molecule has 0 saturated carbocycles. The van der Waals surface area contributed by atoms with E-state index < -0.39 is 0 Å². The normalized spacial score (nSPS) is 25.0. The van der Waals surface area contributed by atoms with Crippen LogP contribution in [0.1, 0.15) is 24.8 Å². The molecule has 0 radical (unpaired) electrons. The third-order valence-corrected chi connectivity index (χ3v) is 4.81. The van der Waals surface area contributed by atoms with E-state index in [1.165, 1.54) is 0 Å². The fourth-order valence-corrected chi connectivity index (χ4v) is 3.45. The second kappa shape index (κ2) is 6.58. The lowest BCUT2D eigenvalue weighted by atomic mass is 10.00. The molecule has 0 bridgehead atoms. The summed E-state index contributed by atoms with van der Waals surface area (Å²) in [5.74, 6) is 0.242. The SMILES string of the molecule is CC(C(=O)N1CCC(N2CCNCC2)C1)c1ccccc1. The molecule has 21 heavy (non-hydrogen) atoms. The third kappa shape index (κ3) is 3.27. The number of likely N-dealkylation sites (tertiary alicyclic amines) is 1. The molecule has 0 spiro atoms. The summed E-state index contributed by atoms with van der Waals surface area (Å²) in [5, 5.41) is 3.39. The Hall–Kier alpha value is -1.39. The third-order valence-electron chi connectivity index (χ3n) is 4.81. The van der Waals surface area contributed by atoms with E-state index in [-0.39, 0.29) is 11.8 Å². The Bertz CT molecular complexity index is 470. The smallest absolute Gasteiger partial charge is 0.229 e. The van der Waals surface area contributed by atoms with Crippen molar-refractivity contribution < 1.29 is 4.79 Å². The largest absolute Gasteiger partial charge is 0.341 e. The molecule has 2 heterocycles. The summed E-state index contributed by atoms with van der Waals surface area (Å²) in [6.07, 6.45) is 1.12. The van der Waals surface area contributed by atoms with E-state index >= 15 is 0 Å². The second-order valence-electron chi connectivity index (χ2n) is 6.15. The molecule has 4 heteroatoms. The number of piperazine rings is 1. The molecule has 4 nitrogen and oxygen atoms in total. The summed E-state index contributed by atoms with van der Waals surface area (Å²) in [4.78, 5) is 17.3. The van der Waals surface area contributed by atoms with Crippen molar-refractivity contribution in [2.24, 2.45) is 0 Å². The van der Waals surface area contributed by atoms with Crippen LogP contribution in [-0.4, -0.2) is 61.0 Å². The van der Waals surface area contributed by atoms with Crippen molar-refractivity contribution in [3.8, 4) is 0 Å². The quantitative estimate of drug-likeness (QED) is 0.910. The van der Waals surface area contributed by atoms with Crippen LogP contribution in [0.15, 0.2) is 30.3 Å². The first-order valence-electron chi connectivity index (χ1n) is 8.04. The zero-order valence-electron chi connectivity index (χ0n) is 12.8. The van der Waals surface area contributed by atoms with Crippen molar-refractivity contribution in [1.82, 2.24) is 15.1 Å². The minimum absolute atomic E-state index is 0.0343. The lowest BCUT2D eigenvalue weighted by molar-refractivity contribution is -0.131. The Morgan fingerprint density at radius 2 is 1.90 bits per heavy atom. The van der Waals surface area contributed by atoms with E-state index in [2.05, 4.69) is 15.1 Å². The number of hydrogen-bond donors (Lipinski definition) is 1. The molecule has 2 aliphatic heterocycles. The number of benzene rings is 1. The van der Waals surface area contributed by atoms with Gasteiger partial charge in [0.1, 0.15) is 0 Å². The Kier molecular flexibility index (Phi) is 4.56. The molecule has 2 aliphatic rings. The van der Waals surface area contributed by atoms with Gasteiger partial charge in [-0.25, -0.2) is 0 Å². The Morgan fingerprint density at radius 1 is 1.19 bits per heavy atom. The molecule has 1 aromatic carbocycles. The number of hydrogen-bond acceptors (Lipinski definition) is 3. The molecule has 1 amide bonds. The van der Waals surface area contributed by atoms with E-state index in [4.69, 9.17) is 0 Å². The average Bonchev–Trinajstić information content (AvgIpc) is 3.05. The topological polar surface area (TPSA) is 35.6 Å². The van der Waals surface area contributed by atoms with Crippen molar-refractivity contribution in [2.75, 3.05) is 39.3 Å². The molecule has 1 N–H and O–H groups in total. The summed E-state index contributed by atoms with van der Waals surface area (Å²) in [6.45, 7) is 8.20. The zero-order chi connectivity index (χ0) is 14.7. The maximum atomic E-state index is 12.7. The number of amides is 1. The predicted octanol–water partition coefficient (Wildman–Crippen LogP) is 1.30. The molecule has 2 fully saturated rings. The van der Waals surface area contributed by atoms with E-state index in [0.29, 0.717) is 6.04 Å². The van der Waals surface area contributed by atoms with Crippen LogP contribution in [0.2, 0.25) is 0 Å². The minimum atomic E-state index is -0.0343. The first-order chi connectivity index (χ1) is 10.3. The van der Waals surface area contributed by atoms with Gasteiger partial charge in [0.25, 0.3) is 0 Å². The summed E-state index contributed by atoms with van der Waals surface area (Å²) >= 11 is 0. The maximum Gasteiger partial charge on any atom is 0.229 e. The zero-order valence-corrected chi connectivity index (χ0v) is 12.8. The van der Waals surface area contributed by atoms with Crippen molar-refractivity contribution >= 4 is 5.91 Å². The Morgan fingerprint density at radius 3 is 2.62 bits per heavy atom. The van der Waals surface area contributed by atoms with E-state index in [1.807, 2.05) is 37.3 Å². The van der Waals surface area contributed by atoms with Gasteiger partial charge in [-0.1, -0.05) is 30.3 Å². The van der Waals surface area contributed by atoms with Gasteiger partial charge in [-0.05, 0) is 18.9 Å². The van der Waals surface area contributed by atoms with Gasteiger partial charge in [-0.3, -0.25) is 9.69 Å². The van der Waals surface area contributed by atoms with Crippen LogP contribution < -0.4 is 5.32 Å². The highest BCUT2D eigenvalue weighted by molar-refractivity contribution is 5.83. The molecule has 114 valence electrons. The lowest BCUT2D eigenvalue weighted by Gasteiger charge is -2.32. The summed E-state index contributed by atoms with van der Waals surface area (Å²) in [6, 6.07) is 10.7. The van der Waals surface area contributed by atoms with Crippen LogP contribution in [-0.2, 0) is 4.79 Å². The molecular weight excluding hydrogens is 262 g/mol. The fourth-order valence-electron chi connectivity index (χ4n) is 3.45. The van der Waals surface area contributed by atoms with Crippen LogP contribution in [0.4, 0.5) is 0 Å². The number of carbonyl (C=O) groups is 1. The minimum Gasteiger partial charge on any atom is -0.341 e. The van der Waals surface area contributed by atoms with Gasteiger partial charge in [-0.15, -0.1) is 0 Å². The van der Waals surface area contributed by atoms with Gasteiger partial charge in [0.2, 0.25) is 5.91 Å². The maximum absolute atomic E-state index is 12.7. The Balaban J connectivity index is 1.59. The highest BCUT2D eigenvalue weighted by Crippen LogP contribution is 2.23. The molecule has 2 saturated heterocycles. The first-order valence-corrected chi connectivity index (χ1v) is 8.04. The van der Waals surface area contributed by atoms with Crippen molar-refractivity contribution in [3.63, 3.8) is 0 Å². The molecule has 0 aromatic heterocycles. The second-order valence-corrected chi connectivity index (χ2v) is 6.15.